The van der Waals surface area contributed by atoms with Crippen LogP contribution < -0.4 is 5.32 Å². The van der Waals surface area contributed by atoms with Gasteiger partial charge in [0.25, 0.3) is 5.91 Å². The van der Waals surface area contributed by atoms with Crippen LogP contribution in [-0.2, 0) is 23.0 Å². The van der Waals surface area contributed by atoms with Gasteiger partial charge in [0.15, 0.2) is 0 Å². The lowest BCUT2D eigenvalue weighted by molar-refractivity contribution is -0.133. The molecule has 4 aliphatic rings. The van der Waals surface area contributed by atoms with Crippen molar-refractivity contribution in [1.82, 2.24) is 19.3 Å². The summed E-state index contributed by atoms with van der Waals surface area (Å²) in [6.07, 6.45) is 9.85. The van der Waals surface area contributed by atoms with Gasteiger partial charge >= 0.3 is 0 Å². The molecule has 48 heavy (non-hydrogen) atoms. The third-order valence-corrected chi connectivity index (χ3v) is 11.9. The third kappa shape index (κ3) is 7.02. The fourth-order valence-corrected chi connectivity index (χ4v) is 8.42. The Labute approximate surface area is 288 Å². The zero-order valence-electron chi connectivity index (χ0n) is 28.5. The molecule has 2 aliphatic heterocycles. The molecule has 3 heterocycles. The molecular weight excluding hydrogens is 629 g/mol. The SMILES string of the molecule is Cn1cc(C(=O)Nc2cc(F)c(CC(=O)N3C[C@@H](N4CCN(C5(C)CC5)CC4)C[C@H]3CO[C@H]3CC[C@H](C)CC3)cc2Cl)c2ccccc21. The van der Waals surface area contributed by atoms with E-state index in [1.165, 1.54) is 37.8 Å². The second kappa shape index (κ2) is 13.7. The van der Waals surface area contributed by atoms with Gasteiger partial charge in [0.1, 0.15) is 5.82 Å². The van der Waals surface area contributed by atoms with E-state index in [9.17, 15) is 9.59 Å². The van der Waals surface area contributed by atoms with Crippen molar-refractivity contribution in [3.05, 3.63) is 64.6 Å². The first kappa shape index (κ1) is 33.5. The Hall–Kier alpha value is -2.98. The van der Waals surface area contributed by atoms with Crippen molar-refractivity contribution in [2.75, 3.05) is 44.6 Å². The van der Waals surface area contributed by atoms with Crippen molar-refractivity contribution in [3.63, 3.8) is 0 Å². The maximum absolute atomic E-state index is 15.6. The van der Waals surface area contributed by atoms with Gasteiger partial charge in [-0.05, 0) is 81.5 Å². The Morgan fingerprint density at radius 3 is 2.52 bits per heavy atom. The van der Waals surface area contributed by atoms with Crippen LogP contribution in [0.2, 0.25) is 5.02 Å². The lowest BCUT2D eigenvalue weighted by Crippen LogP contribution is -2.54. The zero-order chi connectivity index (χ0) is 33.6. The molecule has 2 amide bonds. The zero-order valence-corrected chi connectivity index (χ0v) is 29.3. The molecule has 10 heteroatoms. The average Bonchev–Trinajstić information content (AvgIpc) is 3.54. The van der Waals surface area contributed by atoms with Crippen molar-refractivity contribution in [1.29, 1.82) is 0 Å². The molecule has 8 nitrogen and oxygen atoms in total. The topological polar surface area (TPSA) is 70.1 Å². The molecule has 0 radical (unpaired) electrons. The van der Waals surface area contributed by atoms with Crippen LogP contribution in [0.5, 0.6) is 0 Å². The highest BCUT2D eigenvalue weighted by molar-refractivity contribution is 6.34. The van der Waals surface area contributed by atoms with Crippen molar-refractivity contribution in [2.24, 2.45) is 13.0 Å². The van der Waals surface area contributed by atoms with E-state index in [1.54, 1.807) is 6.20 Å². The van der Waals surface area contributed by atoms with E-state index in [0.717, 1.165) is 62.3 Å². The summed E-state index contributed by atoms with van der Waals surface area (Å²) in [6.45, 7) is 9.96. The molecule has 0 spiro atoms. The molecule has 4 fully saturated rings. The Morgan fingerprint density at radius 1 is 1.06 bits per heavy atom. The van der Waals surface area contributed by atoms with Crippen molar-refractivity contribution < 1.29 is 18.7 Å². The van der Waals surface area contributed by atoms with Gasteiger partial charge in [0.2, 0.25) is 5.91 Å². The van der Waals surface area contributed by atoms with Crippen LogP contribution in [0.25, 0.3) is 10.9 Å². The van der Waals surface area contributed by atoms with Gasteiger partial charge in [0.05, 0.1) is 41.4 Å². The molecule has 2 aromatic carbocycles. The summed E-state index contributed by atoms with van der Waals surface area (Å²) in [5.74, 6) is -0.307. The van der Waals surface area contributed by atoms with Crippen LogP contribution >= 0.6 is 11.6 Å². The van der Waals surface area contributed by atoms with Crippen LogP contribution in [-0.4, -0.2) is 94.1 Å². The van der Waals surface area contributed by atoms with Crippen molar-refractivity contribution in [3.8, 4) is 0 Å². The lowest BCUT2D eigenvalue weighted by atomic mass is 9.89. The maximum Gasteiger partial charge on any atom is 0.257 e. The Kier molecular flexibility index (Phi) is 9.59. The van der Waals surface area contributed by atoms with E-state index in [4.69, 9.17) is 16.3 Å². The summed E-state index contributed by atoms with van der Waals surface area (Å²) in [4.78, 5) is 34.3. The highest BCUT2D eigenvalue weighted by atomic mass is 35.5. The highest BCUT2D eigenvalue weighted by Crippen LogP contribution is 2.41. The van der Waals surface area contributed by atoms with E-state index < -0.39 is 5.82 Å². The van der Waals surface area contributed by atoms with Gasteiger partial charge in [-0.15, -0.1) is 0 Å². The number of aromatic nitrogens is 1. The van der Waals surface area contributed by atoms with Gasteiger partial charge in [-0.2, -0.15) is 0 Å². The number of amides is 2. The average molecular weight is 678 g/mol. The molecule has 1 N–H and O–H groups in total. The number of piperazine rings is 1. The molecule has 0 unspecified atom stereocenters. The summed E-state index contributed by atoms with van der Waals surface area (Å²) in [5, 5.41) is 3.78. The summed E-state index contributed by atoms with van der Waals surface area (Å²) in [5.41, 5.74) is 2.19. The van der Waals surface area contributed by atoms with E-state index >= 15 is 4.39 Å². The van der Waals surface area contributed by atoms with Crippen molar-refractivity contribution in [2.45, 2.75) is 88.9 Å². The number of carbonyl (C=O) groups is 2. The maximum atomic E-state index is 15.6. The molecule has 3 aromatic rings. The minimum absolute atomic E-state index is 0.0429. The van der Waals surface area contributed by atoms with E-state index in [1.807, 2.05) is 40.8 Å². The number of aryl methyl sites for hydroxylation is 1. The Bertz CT molecular complexity index is 1660. The predicted molar refractivity (Wildman–Crippen MR) is 188 cm³/mol. The number of nitrogens with zero attached hydrogens (tertiary/aromatic N) is 4. The summed E-state index contributed by atoms with van der Waals surface area (Å²) in [7, 11) is 1.88. The van der Waals surface area contributed by atoms with Crippen LogP contribution in [0, 0.1) is 11.7 Å². The molecule has 2 aliphatic carbocycles. The number of rotatable bonds is 9. The number of halogens is 2. The largest absolute Gasteiger partial charge is 0.376 e. The molecular formula is C38H49ClFN5O3. The molecule has 0 bridgehead atoms. The van der Waals surface area contributed by atoms with E-state index in [-0.39, 0.29) is 52.7 Å². The van der Waals surface area contributed by atoms with Crippen molar-refractivity contribution >= 4 is 40.0 Å². The van der Waals surface area contributed by atoms with Gasteiger partial charge in [-0.3, -0.25) is 19.4 Å². The van der Waals surface area contributed by atoms with Gasteiger partial charge in [0, 0.05) is 68.5 Å². The minimum atomic E-state index is -0.564. The standard InChI is InChI=1S/C38H49ClFN5O3/c1-25-8-10-29(11-9-25)48-24-28-20-27(43-14-16-44(17-15-43)38(2)12-13-38)22-45(28)36(46)19-26-18-32(39)34(21-33(26)40)41-37(47)31-23-42(3)35-7-5-4-6-30(31)35/h4-7,18,21,23,25,27-29H,8-17,19-20,22,24H2,1-3H3,(H,41,47)/t25-,27-,28-,29-/m0/s1. The number of likely N-dealkylation sites (tertiary alicyclic amines) is 1. The van der Waals surface area contributed by atoms with E-state index in [0.29, 0.717) is 24.3 Å². The smallest absolute Gasteiger partial charge is 0.257 e. The first-order chi connectivity index (χ1) is 23.1. The van der Waals surface area contributed by atoms with Crippen LogP contribution in [0.4, 0.5) is 10.1 Å². The number of nitrogens with one attached hydrogen (secondary N) is 1. The number of hydrogen-bond acceptors (Lipinski definition) is 5. The summed E-state index contributed by atoms with van der Waals surface area (Å²) in [6, 6.07) is 10.5. The fraction of sp³-hybridized carbons (Fsp3) is 0.579. The number of ether oxygens (including phenoxy) is 1. The summed E-state index contributed by atoms with van der Waals surface area (Å²) < 4.78 is 23.9. The number of hydrogen-bond donors (Lipinski definition) is 1. The molecule has 2 atom stereocenters. The third-order valence-electron chi connectivity index (χ3n) is 11.6. The van der Waals surface area contributed by atoms with Gasteiger partial charge < -0.3 is 19.5 Å². The second-order valence-electron chi connectivity index (χ2n) is 15.0. The normalized spacial score (nSPS) is 26.2. The van der Waals surface area contributed by atoms with Crippen LogP contribution in [0.3, 0.4) is 0 Å². The monoisotopic (exact) mass is 677 g/mol. The highest BCUT2D eigenvalue weighted by Gasteiger charge is 2.45. The van der Waals surface area contributed by atoms with E-state index in [2.05, 4.69) is 29.0 Å². The van der Waals surface area contributed by atoms with Crippen LogP contribution in [0.15, 0.2) is 42.6 Å². The Morgan fingerprint density at radius 2 is 1.79 bits per heavy atom. The first-order valence-electron chi connectivity index (χ1n) is 17.8. The molecule has 1 aromatic heterocycles. The number of anilines is 1. The lowest BCUT2D eigenvalue weighted by Gasteiger charge is -2.40. The summed E-state index contributed by atoms with van der Waals surface area (Å²) >= 11 is 6.60. The quantitative estimate of drug-likeness (QED) is 0.280. The fourth-order valence-electron chi connectivity index (χ4n) is 8.18. The second-order valence-corrected chi connectivity index (χ2v) is 15.5. The van der Waals surface area contributed by atoms with Gasteiger partial charge in [-0.25, -0.2) is 4.39 Å². The number of fused-ring (bicyclic) bond motifs is 1. The predicted octanol–water partition coefficient (Wildman–Crippen LogP) is 6.50. The Balaban J connectivity index is 1.03. The minimum Gasteiger partial charge on any atom is -0.376 e. The first-order valence-corrected chi connectivity index (χ1v) is 18.2. The van der Waals surface area contributed by atoms with Gasteiger partial charge in [-0.1, -0.05) is 36.7 Å². The molecule has 2 saturated heterocycles. The van der Waals surface area contributed by atoms with Crippen LogP contribution in [0.1, 0.15) is 74.7 Å². The number of benzene rings is 2. The number of carbonyl (C=O) groups excluding carboxylic acids is 2. The molecule has 2 saturated carbocycles. The molecule has 7 rings (SSSR count). The number of para-hydroxylation sites is 1. The molecule has 258 valence electrons.